The molecule has 4 heteroatoms. The van der Waals surface area contributed by atoms with Crippen molar-refractivity contribution in [3.05, 3.63) is 64.2 Å². The predicted octanol–water partition coefficient (Wildman–Crippen LogP) is 2.87. The molecule has 1 saturated heterocycles. The van der Waals surface area contributed by atoms with E-state index in [0.717, 1.165) is 44.8 Å². The van der Waals surface area contributed by atoms with Gasteiger partial charge in [-0.2, -0.15) is 0 Å². The standard InChI is InChI=1S/C21H25N3O/c1-15-4-3-5-20(16(15)2)23-8-10-24(11-9-23)21(25)17-6-7-18-13-22-14-19(18)12-17/h3-7,12,22H,8-11,13-14H2,1-2H3. The van der Waals surface area contributed by atoms with Crippen molar-refractivity contribution in [2.75, 3.05) is 31.1 Å². The van der Waals surface area contributed by atoms with Gasteiger partial charge in [0.05, 0.1) is 0 Å². The minimum Gasteiger partial charge on any atom is -0.368 e. The van der Waals surface area contributed by atoms with Gasteiger partial charge in [-0.05, 0) is 54.3 Å². The molecule has 0 unspecified atom stereocenters. The van der Waals surface area contributed by atoms with E-state index in [0.29, 0.717) is 0 Å². The molecule has 0 bridgehead atoms. The molecule has 0 saturated carbocycles. The summed E-state index contributed by atoms with van der Waals surface area (Å²) in [6.45, 7) is 9.46. The van der Waals surface area contributed by atoms with Crippen molar-refractivity contribution < 1.29 is 4.79 Å². The number of fused-ring (bicyclic) bond motifs is 1. The van der Waals surface area contributed by atoms with E-state index < -0.39 is 0 Å². The van der Waals surface area contributed by atoms with Crippen molar-refractivity contribution in [1.29, 1.82) is 0 Å². The van der Waals surface area contributed by atoms with Crippen LogP contribution in [0.4, 0.5) is 5.69 Å². The summed E-state index contributed by atoms with van der Waals surface area (Å²) in [5.74, 6) is 0.162. The van der Waals surface area contributed by atoms with Crippen LogP contribution in [-0.4, -0.2) is 37.0 Å². The number of nitrogens with zero attached hydrogens (tertiary/aromatic N) is 2. The van der Waals surface area contributed by atoms with Crippen molar-refractivity contribution in [2.24, 2.45) is 0 Å². The number of piperazine rings is 1. The van der Waals surface area contributed by atoms with Crippen molar-refractivity contribution in [2.45, 2.75) is 26.9 Å². The molecule has 2 aromatic carbocycles. The Kier molecular flexibility index (Phi) is 4.22. The summed E-state index contributed by atoms with van der Waals surface area (Å²) < 4.78 is 0. The molecular formula is C21H25N3O. The van der Waals surface area contributed by atoms with Gasteiger partial charge in [-0.25, -0.2) is 0 Å². The van der Waals surface area contributed by atoms with Gasteiger partial charge < -0.3 is 15.1 Å². The summed E-state index contributed by atoms with van der Waals surface area (Å²) in [4.78, 5) is 17.2. The van der Waals surface area contributed by atoms with Crippen LogP contribution < -0.4 is 10.2 Å². The maximum atomic E-state index is 12.9. The lowest BCUT2D eigenvalue weighted by Gasteiger charge is -2.37. The zero-order valence-electron chi connectivity index (χ0n) is 15.0. The highest BCUT2D eigenvalue weighted by atomic mass is 16.2. The van der Waals surface area contributed by atoms with Gasteiger partial charge in [-0.15, -0.1) is 0 Å². The highest BCUT2D eigenvalue weighted by Gasteiger charge is 2.24. The number of benzene rings is 2. The third-order valence-electron chi connectivity index (χ3n) is 5.57. The lowest BCUT2D eigenvalue weighted by Crippen LogP contribution is -2.49. The Morgan fingerprint density at radius 3 is 2.52 bits per heavy atom. The Morgan fingerprint density at radius 2 is 1.72 bits per heavy atom. The first kappa shape index (κ1) is 16.2. The molecule has 1 N–H and O–H groups in total. The molecular weight excluding hydrogens is 310 g/mol. The Morgan fingerprint density at radius 1 is 0.960 bits per heavy atom. The number of hydrogen-bond acceptors (Lipinski definition) is 3. The number of rotatable bonds is 2. The van der Waals surface area contributed by atoms with Crippen LogP contribution in [0.5, 0.6) is 0 Å². The summed E-state index contributed by atoms with van der Waals surface area (Å²) in [7, 11) is 0. The second-order valence-electron chi connectivity index (χ2n) is 7.09. The number of hydrogen-bond donors (Lipinski definition) is 1. The maximum absolute atomic E-state index is 12.9. The van der Waals surface area contributed by atoms with Gasteiger partial charge in [0.15, 0.2) is 0 Å². The van der Waals surface area contributed by atoms with Crippen LogP contribution in [0.2, 0.25) is 0 Å². The number of carbonyl (C=O) groups is 1. The quantitative estimate of drug-likeness (QED) is 0.917. The third kappa shape index (κ3) is 3.02. The fourth-order valence-corrected chi connectivity index (χ4v) is 3.84. The van der Waals surface area contributed by atoms with E-state index in [1.165, 1.54) is 27.9 Å². The number of anilines is 1. The smallest absolute Gasteiger partial charge is 0.253 e. The van der Waals surface area contributed by atoms with Crippen LogP contribution in [0.3, 0.4) is 0 Å². The minimum absolute atomic E-state index is 0.162. The largest absolute Gasteiger partial charge is 0.368 e. The molecule has 2 aromatic rings. The fraction of sp³-hybridized carbons (Fsp3) is 0.381. The van der Waals surface area contributed by atoms with Gasteiger partial charge in [0.25, 0.3) is 5.91 Å². The summed E-state index contributed by atoms with van der Waals surface area (Å²) in [6.07, 6.45) is 0. The topological polar surface area (TPSA) is 35.6 Å². The SMILES string of the molecule is Cc1cccc(N2CCN(C(=O)c3ccc4c(c3)CNC4)CC2)c1C. The Hall–Kier alpha value is -2.33. The zero-order valence-corrected chi connectivity index (χ0v) is 15.0. The van der Waals surface area contributed by atoms with Crippen LogP contribution in [-0.2, 0) is 13.1 Å². The van der Waals surface area contributed by atoms with Crippen LogP contribution in [0.1, 0.15) is 32.6 Å². The average Bonchev–Trinajstić information content (AvgIpc) is 3.11. The maximum Gasteiger partial charge on any atom is 0.253 e. The first-order valence-corrected chi connectivity index (χ1v) is 9.06. The second-order valence-corrected chi connectivity index (χ2v) is 7.09. The van der Waals surface area contributed by atoms with Crippen LogP contribution in [0, 0.1) is 13.8 Å². The molecule has 0 radical (unpaired) electrons. The van der Waals surface area contributed by atoms with E-state index in [9.17, 15) is 4.79 Å². The van der Waals surface area contributed by atoms with Gasteiger partial charge in [-0.3, -0.25) is 4.79 Å². The molecule has 0 spiro atoms. The molecule has 0 aliphatic carbocycles. The highest BCUT2D eigenvalue weighted by molar-refractivity contribution is 5.94. The van der Waals surface area contributed by atoms with Gasteiger partial charge in [0.2, 0.25) is 0 Å². The fourth-order valence-electron chi connectivity index (χ4n) is 3.84. The summed E-state index contributed by atoms with van der Waals surface area (Å²) in [6, 6.07) is 12.6. The van der Waals surface area contributed by atoms with Crippen LogP contribution >= 0.6 is 0 Å². The number of carbonyl (C=O) groups excluding carboxylic acids is 1. The number of amides is 1. The molecule has 2 aliphatic heterocycles. The van der Waals surface area contributed by atoms with Crippen molar-refractivity contribution in [1.82, 2.24) is 10.2 Å². The van der Waals surface area contributed by atoms with Gasteiger partial charge in [0, 0.05) is 50.5 Å². The molecule has 1 fully saturated rings. The zero-order chi connectivity index (χ0) is 17.4. The molecule has 25 heavy (non-hydrogen) atoms. The Bertz CT molecular complexity index is 807. The Balaban J connectivity index is 1.45. The summed E-state index contributed by atoms with van der Waals surface area (Å²) in [5.41, 5.74) is 7.37. The average molecular weight is 335 g/mol. The molecule has 4 nitrogen and oxygen atoms in total. The van der Waals surface area contributed by atoms with Gasteiger partial charge >= 0.3 is 0 Å². The molecule has 1 amide bonds. The van der Waals surface area contributed by atoms with E-state index in [1.807, 2.05) is 11.0 Å². The normalized spacial score (nSPS) is 16.9. The number of aryl methyl sites for hydroxylation is 1. The molecule has 0 aromatic heterocycles. The van der Waals surface area contributed by atoms with Crippen molar-refractivity contribution >= 4 is 11.6 Å². The first-order valence-electron chi connectivity index (χ1n) is 9.06. The molecule has 130 valence electrons. The number of nitrogens with one attached hydrogen (secondary N) is 1. The van der Waals surface area contributed by atoms with E-state index >= 15 is 0 Å². The van der Waals surface area contributed by atoms with E-state index in [1.54, 1.807) is 0 Å². The van der Waals surface area contributed by atoms with Crippen LogP contribution in [0.25, 0.3) is 0 Å². The van der Waals surface area contributed by atoms with E-state index in [-0.39, 0.29) is 5.91 Å². The predicted molar refractivity (Wildman–Crippen MR) is 101 cm³/mol. The van der Waals surface area contributed by atoms with Crippen LogP contribution in [0.15, 0.2) is 36.4 Å². The Labute approximate surface area is 149 Å². The summed E-state index contributed by atoms with van der Waals surface area (Å²) >= 11 is 0. The third-order valence-corrected chi connectivity index (χ3v) is 5.57. The molecule has 2 aliphatic rings. The van der Waals surface area contributed by atoms with Crippen molar-refractivity contribution in [3.8, 4) is 0 Å². The van der Waals surface area contributed by atoms with Crippen molar-refractivity contribution in [3.63, 3.8) is 0 Å². The highest BCUT2D eigenvalue weighted by Crippen LogP contribution is 2.24. The van der Waals surface area contributed by atoms with E-state index in [4.69, 9.17) is 0 Å². The molecule has 4 rings (SSSR count). The summed E-state index contributed by atoms with van der Waals surface area (Å²) in [5, 5.41) is 3.34. The monoisotopic (exact) mass is 335 g/mol. The minimum atomic E-state index is 0.162. The lowest BCUT2D eigenvalue weighted by molar-refractivity contribution is 0.0746. The lowest BCUT2D eigenvalue weighted by atomic mass is 10.0. The van der Waals surface area contributed by atoms with E-state index in [2.05, 4.69) is 54.4 Å². The second kappa shape index (κ2) is 6.52. The van der Waals surface area contributed by atoms with Gasteiger partial charge in [0.1, 0.15) is 0 Å². The first-order chi connectivity index (χ1) is 12.1. The van der Waals surface area contributed by atoms with Gasteiger partial charge in [-0.1, -0.05) is 18.2 Å². The molecule has 2 heterocycles. The molecule has 0 atom stereocenters.